The normalized spacial score (nSPS) is 18.5. The van der Waals surface area contributed by atoms with E-state index >= 15 is 0 Å². The quantitative estimate of drug-likeness (QED) is 0.351. The minimum absolute atomic E-state index is 0. The Bertz CT molecular complexity index is 1070. The molecule has 2 unspecified atom stereocenters. The maximum absolute atomic E-state index is 4.57. The highest BCUT2D eigenvalue weighted by Gasteiger charge is 2.35. The van der Waals surface area contributed by atoms with Gasteiger partial charge in [-0.05, 0) is 41.6 Å². The molecule has 150 valence electrons. The predicted molar refractivity (Wildman–Crippen MR) is 128 cm³/mol. The monoisotopic (exact) mass is 442 g/mol. The van der Waals surface area contributed by atoms with Gasteiger partial charge in [-0.25, -0.2) is 0 Å². The summed E-state index contributed by atoms with van der Waals surface area (Å²) in [6, 6.07) is 26.5. The number of pyridine rings is 1. The van der Waals surface area contributed by atoms with Gasteiger partial charge < -0.3 is 0 Å². The minimum Gasteiger partial charge on any atom is -0.290 e. The SMILES string of the molecule is CC1C(c2ccccc2)c2sc3ccccc3c2CN1Cc1ccccn1.Cl.Cl. The van der Waals surface area contributed by atoms with Crippen LogP contribution < -0.4 is 0 Å². The smallest absolute Gasteiger partial charge is 0.0544 e. The number of fused-ring (bicyclic) bond motifs is 3. The van der Waals surface area contributed by atoms with E-state index in [1.54, 1.807) is 0 Å². The predicted octanol–water partition coefficient (Wildman–Crippen LogP) is 6.68. The van der Waals surface area contributed by atoms with Crippen molar-refractivity contribution >= 4 is 46.2 Å². The second kappa shape index (κ2) is 9.27. The summed E-state index contributed by atoms with van der Waals surface area (Å²) < 4.78 is 1.40. The first kappa shape index (κ1) is 21.8. The summed E-state index contributed by atoms with van der Waals surface area (Å²) in [7, 11) is 0. The number of thiophene rings is 1. The molecule has 0 spiro atoms. The topological polar surface area (TPSA) is 16.1 Å². The van der Waals surface area contributed by atoms with Gasteiger partial charge in [0.15, 0.2) is 0 Å². The number of benzene rings is 2. The van der Waals surface area contributed by atoms with Gasteiger partial charge in [-0.1, -0.05) is 54.6 Å². The van der Waals surface area contributed by atoms with Crippen molar-refractivity contribution in [1.82, 2.24) is 9.88 Å². The molecule has 0 saturated heterocycles. The molecular weight excluding hydrogens is 419 g/mol. The number of hydrogen-bond donors (Lipinski definition) is 0. The standard InChI is InChI=1S/C24H22N2S.2ClH/c1-17-23(18-9-3-2-4-10-18)24-21(20-12-5-6-13-22(20)27-24)16-26(17)15-19-11-7-8-14-25-19;;/h2-14,17,23H,15-16H2,1H3;2*1H. The Morgan fingerprint density at radius 3 is 2.41 bits per heavy atom. The molecule has 0 N–H and O–H groups in total. The summed E-state index contributed by atoms with van der Waals surface area (Å²) in [5.41, 5.74) is 4.04. The van der Waals surface area contributed by atoms with E-state index in [4.69, 9.17) is 0 Å². The van der Waals surface area contributed by atoms with Crippen molar-refractivity contribution in [3.63, 3.8) is 0 Å². The van der Waals surface area contributed by atoms with Gasteiger partial charge in [0.2, 0.25) is 0 Å². The molecule has 3 heterocycles. The van der Waals surface area contributed by atoms with Gasteiger partial charge in [-0.15, -0.1) is 36.2 Å². The average molecular weight is 443 g/mol. The molecule has 2 atom stereocenters. The van der Waals surface area contributed by atoms with Crippen LogP contribution in [0.1, 0.15) is 34.5 Å². The van der Waals surface area contributed by atoms with Crippen LogP contribution in [0.2, 0.25) is 0 Å². The van der Waals surface area contributed by atoms with E-state index < -0.39 is 0 Å². The molecule has 2 nitrogen and oxygen atoms in total. The maximum Gasteiger partial charge on any atom is 0.0544 e. The van der Waals surface area contributed by atoms with Crippen LogP contribution in [-0.4, -0.2) is 15.9 Å². The van der Waals surface area contributed by atoms with Crippen LogP contribution in [0.5, 0.6) is 0 Å². The van der Waals surface area contributed by atoms with E-state index in [9.17, 15) is 0 Å². The van der Waals surface area contributed by atoms with Crippen LogP contribution in [0.4, 0.5) is 0 Å². The zero-order valence-corrected chi connectivity index (χ0v) is 18.6. The molecule has 1 aliphatic heterocycles. The summed E-state index contributed by atoms with van der Waals surface area (Å²) in [6.07, 6.45) is 1.89. The van der Waals surface area contributed by atoms with Crippen molar-refractivity contribution in [2.45, 2.75) is 32.0 Å². The van der Waals surface area contributed by atoms with Gasteiger partial charge in [0.25, 0.3) is 0 Å². The summed E-state index contributed by atoms with van der Waals surface area (Å²) in [5.74, 6) is 0.399. The second-order valence-electron chi connectivity index (χ2n) is 7.30. The maximum atomic E-state index is 4.57. The Morgan fingerprint density at radius 1 is 0.931 bits per heavy atom. The van der Waals surface area contributed by atoms with Crippen molar-refractivity contribution < 1.29 is 0 Å². The summed E-state index contributed by atoms with van der Waals surface area (Å²) in [4.78, 5) is 8.69. The number of rotatable bonds is 3. The van der Waals surface area contributed by atoms with E-state index in [2.05, 4.69) is 83.5 Å². The summed E-state index contributed by atoms with van der Waals surface area (Å²) in [5, 5.41) is 1.41. The molecule has 5 heteroatoms. The Labute approximate surface area is 188 Å². The van der Waals surface area contributed by atoms with E-state index in [-0.39, 0.29) is 24.8 Å². The number of hydrogen-bond acceptors (Lipinski definition) is 3. The number of aromatic nitrogens is 1. The summed E-state index contributed by atoms with van der Waals surface area (Å²) in [6.45, 7) is 4.24. The summed E-state index contributed by atoms with van der Waals surface area (Å²) >= 11 is 1.97. The average Bonchev–Trinajstić information content (AvgIpc) is 3.08. The molecule has 29 heavy (non-hydrogen) atoms. The fourth-order valence-corrected chi connectivity index (χ4v) is 5.74. The lowest BCUT2D eigenvalue weighted by Crippen LogP contribution is -2.40. The van der Waals surface area contributed by atoms with Gasteiger partial charge in [0, 0.05) is 40.8 Å². The number of halogens is 2. The zero-order valence-electron chi connectivity index (χ0n) is 16.2. The Hall–Kier alpha value is -1.91. The minimum atomic E-state index is 0. The molecule has 0 radical (unpaired) electrons. The van der Waals surface area contributed by atoms with Crippen molar-refractivity contribution in [3.8, 4) is 0 Å². The van der Waals surface area contributed by atoms with Crippen molar-refractivity contribution in [3.05, 3.63) is 101 Å². The highest BCUT2D eigenvalue weighted by molar-refractivity contribution is 7.19. The Balaban J connectivity index is 0.00000120. The molecule has 4 aromatic rings. The van der Waals surface area contributed by atoms with Crippen LogP contribution in [0.3, 0.4) is 0 Å². The molecule has 0 aliphatic carbocycles. The Morgan fingerprint density at radius 2 is 1.66 bits per heavy atom. The first-order valence-corrected chi connectivity index (χ1v) is 10.3. The van der Waals surface area contributed by atoms with E-state index in [0.717, 1.165) is 18.8 Å². The highest BCUT2D eigenvalue weighted by atomic mass is 35.5. The largest absolute Gasteiger partial charge is 0.290 e. The Kier molecular flexibility index (Phi) is 6.97. The molecule has 0 amide bonds. The number of nitrogens with zero attached hydrogens (tertiary/aromatic N) is 2. The second-order valence-corrected chi connectivity index (χ2v) is 8.38. The molecular formula is C24H24Cl2N2S. The molecule has 1 aliphatic rings. The lowest BCUT2D eigenvalue weighted by Gasteiger charge is -2.39. The van der Waals surface area contributed by atoms with E-state index in [1.165, 1.54) is 26.1 Å². The first-order valence-electron chi connectivity index (χ1n) is 9.50. The van der Waals surface area contributed by atoms with Crippen LogP contribution in [-0.2, 0) is 13.1 Å². The first-order chi connectivity index (χ1) is 13.3. The molecule has 0 saturated carbocycles. The van der Waals surface area contributed by atoms with Crippen LogP contribution in [0.25, 0.3) is 10.1 Å². The molecule has 0 bridgehead atoms. The highest BCUT2D eigenvalue weighted by Crippen LogP contribution is 2.46. The van der Waals surface area contributed by atoms with E-state index in [0.29, 0.717) is 12.0 Å². The van der Waals surface area contributed by atoms with Gasteiger partial charge in [-0.3, -0.25) is 9.88 Å². The van der Waals surface area contributed by atoms with Crippen LogP contribution in [0, 0.1) is 0 Å². The van der Waals surface area contributed by atoms with Crippen molar-refractivity contribution in [2.75, 3.05) is 0 Å². The van der Waals surface area contributed by atoms with E-state index in [1.807, 2.05) is 23.6 Å². The molecule has 5 rings (SSSR count). The van der Waals surface area contributed by atoms with Crippen LogP contribution in [0.15, 0.2) is 79.0 Å². The third kappa shape index (κ3) is 4.06. The van der Waals surface area contributed by atoms with Gasteiger partial charge in [0.05, 0.1) is 5.69 Å². The third-order valence-corrected chi connectivity index (χ3v) is 6.98. The zero-order chi connectivity index (χ0) is 18.2. The third-order valence-electron chi connectivity index (χ3n) is 5.68. The van der Waals surface area contributed by atoms with Crippen molar-refractivity contribution in [2.24, 2.45) is 0 Å². The van der Waals surface area contributed by atoms with Crippen LogP contribution >= 0.6 is 36.2 Å². The fraction of sp³-hybridized carbons (Fsp3) is 0.208. The molecule has 2 aromatic heterocycles. The van der Waals surface area contributed by atoms with Gasteiger partial charge in [-0.2, -0.15) is 0 Å². The fourth-order valence-electron chi connectivity index (χ4n) is 4.30. The lowest BCUT2D eigenvalue weighted by molar-refractivity contribution is 0.161. The van der Waals surface area contributed by atoms with Gasteiger partial charge >= 0.3 is 0 Å². The molecule has 2 aromatic carbocycles. The molecule has 0 fully saturated rings. The lowest BCUT2D eigenvalue weighted by atomic mass is 9.84. The van der Waals surface area contributed by atoms with Gasteiger partial charge in [0.1, 0.15) is 0 Å². The van der Waals surface area contributed by atoms with Crippen molar-refractivity contribution in [1.29, 1.82) is 0 Å².